The fourth-order valence-corrected chi connectivity index (χ4v) is 7.63. The molecule has 2 aromatic rings. The first-order valence-electron chi connectivity index (χ1n) is 8.93. The van der Waals surface area contributed by atoms with Crippen LogP contribution in [0.1, 0.15) is 67.4 Å². The molecule has 0 bridgehead atoms. The molecular weight excluding hydrogens is 336 g/mol. The molecule has 130 valence electrons. The Labute approximate surface area is 152 Å². The van der Waals surface area contributed by atoms with Crippen molar-refractivity contribution < 1.29 is 10.2 Å². The third-order valence-electron chi connectivity index (χ3n) is 6.21. The highest BCUT2D eigenvalue weighted by Gasteiger charge is 2.56. The minimum Gasteiger partial charge on any atom is -0.382 e. The Kier molecular flexibility index (Phi) is 3.78. The molecule has 0 spiro atoms. The lowest BCUT2D eigenvalue weighted by Gasteiger charge is -2.49. The number of aliphatic hydroxyl groups is 2. The second kappa shape index (κ2) is 5.41. The van der Waals surface area contributed by atoms with Crippen molar-refractivity contribution in [1.82, 2.24) is 0 Å². The molecule has 0 amide bonds. The van der Waals surface area contributed by atoms with Gasteiger partial charge in [0.05, 0.1) is 0 Å². The lowest BCUT2D eigenvalue weighted by Crippen LogP contribution is -2.53. The first kappa shape index (κ1) is 16.8. The standard InChI is InChI=1S/C20H26O2S2/c1-11-15-7-5-9-19(21,17(15)13(3)23-11)20(22)10-6-8-16-12(2)24-14(4)18(16)20/h21-22H,5-10H2,1-4H3. The summed E-state index contributed by atoms with van der Waals surface area (Å²) in [6.07, 6.45) is 5.25. The van der Waals surface area contributed by atoms with Gasteiger partial charge in [-0.25, -0.2) is 0 Å². The van der Waals surface area contributed by atoms with Crippen molar-refractivity contribution in [2.45, 2.75) is 77.4 Å². The fraction of sp³-hybridized carbons (Fsp3) is 0.600. The summed E-state index contributed by atoms with van der Waals surface area (Å²) in [5.41, 5.74) is 2.35. The van der Waals surface area contributed by atoms with Gasteiger partial charge >= 0.3 is 0 Å². The van der Waals surface area contributed by atoms with Crippen LogP contribution in [0.3, 0.4) is 0 Å². The van der Waals surface area contributed by atoms with Crippen LogP contribution in [0.2, 0.25) is 0 Å². The number of hydrogen-bond acceptors (Lipinski definition) is 4. The highest BCUT2D eigenvalue weighted by atomic mass is 32.1. The quantitative estimate of drug-likeness (QED) is 0.765. The van der Waals surface area contributed by atoms with Crippen LogP contribution in [0, 0.1) is 27.7 Å². The van der Waals surface area contributed by atoms with Crippen LogP contribution in [-0.4, -0.2) is 10.2 Å². The van der Waals surface area contributed by atoms with Gasteiger partial charge in [0.25, 0.3) is 0 Å². The molecule has 2 N–H and O–H groups in total. The second-order valence-electron chi connectivity index (χ2n) is 7.56. The Morgan fingerprint density at radius 2 is 1.04 bits per heavy atom. The minimum atomic E-state index is -1.15. The van der Waals surface area contributed by atoms with Crippen LogP contribution in [0.25, 0.3) is 0 Å². The van der Waals surface area contributed by atoms with Crippen LogP contribution < -0.4 is 0 Å². The molecular formula is C20H26O2S2. The summed E-state index contributed by atoms with van der Waals surface area (Å²) in [4.78, 5) is 4.96. The average Bonchev–Trinajstić information content (AvgIpc) is 2.98. The SMILES string of the molecule is Cc1sc(C)c2c1CCCC2(O)C1(O)CCCc2c(C)sc(C)c21. The highest BCUT2D eigenvalue weighted by molar-refractivity contribution is 7.12. The number of thiophene rings is 2. The Morgan fingerprint density at radius 3 is 1.42 bits per heavy atom. The van der Waals surface area contributed by atoms with Crippen molar-refractivity contribution >= 4 is 22.7 Å². The smallest absolute Gasteiger partial charge is 0.124 e. The molecule has 0 radical (unpaired) electrons. The van der Waals surface area contributed by atoms with Crippen LogP contribution in [0.4, 0.5) is 0 Å². The maximum absolute atomic E-state index is 11.9. The molecule has 2 nitrogen and oxygen atoms in total. The Bertz CT molecular complexity index is 748. The molecule has 4 rings (SSSR count). The van der Waals surface area contributed by atoms with Crippen molar-refractivity contribution in [3.8, 4) is 0 Å². The summed E-state index contributed by atoms with van der Waals surface area (Å²) in [6, 6.07) is 0. The summed E-state index contributed by atoms with van der Waals surface area (Å²) in [5.74, 6) is 0. The number of hydrogen-bond donors (Lipinski definition) is 2. The zero-order chi connectivity index (χ0) is 17.3. The molecule has 24 heavy (non-hydrogen) atoms. The van der Waals surface area contributed by atoms with E-state index in [1.807, 2.05) is 0 Å². The van der Waals surface area contributed by atoms with E-state index in [-0.39, 0.29) is 0 Å². The van der Waals surface area contributed by atoms with Gasteiger partial charge in [-0.2, -0.15) is 0 Å². The third kappa shape index (κ3) is 2.00. The van der Waals surface area contributed by atoms with E-state index < -0.39 is 11.2 Å². The van der Waals surface area contributed by atoms with Crippen molar-refractivity contribution in [3.05, 3.63) is 41.8 Å². The van der Waals surface area contributed by atoms with Gasteiger partial charge in [0.1, 0.15) is 11.2 Å². The molecule has 2 aliphatic carbocycles. The first-order valence-corrected chi connectivity index (χ1v) is 10.6. The predicted molar refractivity (Wildman–Crippen MR) is 101 cm³/mol. The lowest BCUT2D eigenvalue weighted by molar-refractivity contribution is -0.181. The van der Waals surface area contributed by atoms with Crippen molar-refractivity contribution in [1.29, 1.82) is 0 Å². The van der Waals surface area contributed by atoms with Crippen molar-refractivity contribution in [2.75, 3.05) is 0 Å². The Morgan fingerprint density at radius 1 is 0.667 bits per heavy atom. The third-order valence-corrected chi connectivity index (χ3v) is 8.34. The molecule has 4 heteroatoms. The van der Waals surface area contributed by atoms with E-state index in [1.165, 1.54) is 30.6 Å². The molecule has 0 saturated heterocycles. The number of fused-ring (bicyclic) bond motifs is 2. The van der Waals surface area contributed by atoms with E-state index in [9.17, 15) is 10.2 Å². The normalized spacial score (nSPS) is 29.4. The van der Waals surface area contributed by atoms with E-state index in [0.717, 1.165) is 36.8 Å². The summed E-state index contributed by atoms with van der Waals surface area (Å²) < 4.78 is 0. The Balaban J connectivity index is 1.98. The summed E-state index contributed by atoms with van der Waals surface area (Å²) >= 11 is 3.54. The molecule has 2 atom stereocenters. The monoisotopic (exact) mass is 362 g/mol. The largest absolute Gasteiger partial charge is 0.382 e. The zero-order valence-corrected chi connectivity index (χ0v) is 16.6. The van der Waals surface area contributed by atoms with E-state index in [1.54, 1.807) is 22.7 Å². The topological polar surface area (TPSA) is 40.5 Å². The van der Waals surface area contributed by atoms with E-state index in [4.69, 9.17) is 0 Å². The molecule has 2 heterocycles. The Hall–Kier alpha value is -0.680. The van der Waals surface area contributed by atoms with E-state index in [0.29, 0.717) is 12.8 Å². The predicted octanol–water partition coefficient (Wildman–Crippen LogP) is 4.79. The van der Waals surface area contributed by atoms with Gasteiger partial charge in [-0.3, -0.25) is 0 Å². The maximum atomic E-state index is 11.9. The van der Waals surface area contributed by atoms with Crippen LogP contribution in [0.15, 0.2) is 0 Å². The molecule has 2 aliphatic rings. The number of rotatable bonds is 1. The fourth-order valence-electron chi connectivity index (χ4n) is 5.26. The van der Waals surface area contributed by atoms with Crippen LogP contribution in [-0.2, 0) is 24.0 Å². The van der Waals surface area contributed by atoms with Gasteiger partial charge < -0.3 is 10.2 Å². The van der Waals surface area contributed by atoms with Crippen molar-refractivity contribution in [3.63, 3.8) is 0 Å². The van der Waals surface area contributed by atoms with Gasteiger partial charge in [0, 0.05) is 30.6 Å². The molecule has 0 aliphatic heterocycles. The molecule has 2 unspecified atom stereocenters. The number of aryl methyl sites for hydroxylation is 4. The summed E-state index contributed by atoms with van der Waals surface area (Å²) in [7, 11) is 0. The molecule has 0 aromatic carbocycles. The molecule has 0 saturated carbocycles. The lowest BCUT2D eigenvalue weighted by atomic mass is 9.62. The van der Waals surface area contributed by atoms with Crippen LogP contribution >= 0.6 is 22.7 Å². The van der Waals surface area contributed by atoms with Gasteiger partial charge in [0.2, 0.25) is 0 Å². The minimum absolute atomic E-state index is 0.654. The second-order valence-corrected chi connectivity index (χ2v) is 10.4. The maximum Gasteiger partial charge on any atom is 0.124 e. The molecule has 2 aromatic heterocycles. The van der Waals surface area contributed by atoms with Gasteiger partial charge in [-0.1, -0.05) is 0 Å². The summed E-state index contributed by atoms with van der Waals surface area (Å²) in [6.45, 7) is 8.51. The van der Waals surface area contributed by atoms with E-state index >= 15 is 0 Å². The van der Waals surface area contributed by atoms with Gasteiger partial charge in [-0.15, -0.1) is 22.7 Å². The average molecular weight is 363 g/mol. The first-order chi connectivity index (χ1) is 11.3. The van der Waals surface area contributed by atoms with Crippen molar-refractivity contribution in [2.24, 2.45) is 0 Å². The van der Waals surface area contributed by atoms with Gasteiger partial charge in [-0.05, 0) is 77.3 Å². The van der Waals surface area contributed by atoms with E-state index in [2.05, 4.69) is 27.7 Å². The molecule has 0 fully saturated rings. The summed E-state index contributed by atoms with van der Waals surface area (Å²) in [5, 5.41) is 23.9. The van der Waals surface area contributed by atoms with Gasteiger partial charge in [0.15, 0.2) is 0 Å². The highest BCUT2D eigenvalue weighted by Crippen LogP contribution is 2.57. The zero-order valence-electron chi connectivity index (χ0n) is 15.0. The van der Waals surface area contributed by atoms with Crippen LogP contribution in [0.5, 0.6) is 0 Å².